The van der Waals surface area contributed by atoms with Crippen LogP contribution in [0.15, 0.2) is 62.8 Å². The van der Waals surface area contributed by atoms with Crippen LogP contribution in [0.1, 0.15) is 56.5 Å². The van der Waals surface area contributed by atoms with E-state index in [1.54, 1.807) is 28.6 Å². The number of β-amino-alcohol motifs (C(OH)–C–C–N with tert-alkyl or cyclic N) is 1. The highest BCUT2D eigenvalue weighted by molar-refractivity contribution is 6.11. The van der Waals surface area contributed by atoms with E-state index in [9.17, 15) is 19.5 Å². The zero-order chi connectivity index (χ0) is 28.1. The number of aromatic nitrogens is 2. The Bertz CT molecular complexity index is 1500. The van der Waals surface area contributed by atoms with Crippen molar-refractivity contribution in [2.45, 2.75) is 64.0 Å². The summed E-state index contributed by atoms with van der Waals surface area (Å²) >= 11 is 0. The second kappa shape index (κ2) is 10.0. The van der Waals surface area contributed by atoms with Crippen molar-refractivity contribution in [3.8, 4) is 11.3 Å². The lowest BCUT2D eigenvalue weighted by molar-refractivity contribution is -0.134. The number of hydrogen-bond donors (Lipinski definition) is 1. The number of aryl methyl sites for hydroxylation is 1. The van der Waals surface area contributed by atoms with Crippen LogP contribution in [0.2, 0.25) is 0 Å². The summed E-state index contributed by atoms with van der Waals surface area (Å²) in [5, 5.41) is 14.5. The number of benzene rings is 1. The second-order valence-corrected chi connectivity index (χ2v) is 11.3. The molecule has 204 valence electrons. The van der Waals surface area contributed by atoms with Gasteiger partial charge >= 0.3 is 0 Å². The van der Waals surface area contributed by atoms with Gasteiger partial charge in [-0.25, -0.2) is 4.99 Å². The summed E-state index contributed by atoms with van der Waals surface area (Å²) < 4.78 is 7.04. The molecule has 2 aliphatic rings. The standard InChI is InChI=1S/C30H34N4O5/c1-17(2)27(25-13-18(3)32-39-25)28(37)34-16-21(35)14-24(34)22-15-30(4,29(38)31-22)20-11-9-19(10-12-20)23-7-6-8-26(36)33(23)5/h6-13,17,21,24,27,35H,14-16H2,1-5H3/t21-,24+,27+,30+/m1/s1. The van der Waals surface area contributed by atoms with Crippen LogP contribution >= 0.6 is 0 Å². The zero-order valence-corrected chi connectivity index (χ0v) is 22.9. The molecule has 1 aromatic carbocycles. The van der Waals surface area contributed by atoms with Crippen molar-refractivity contribution < 1.29 is 19.2 Å². The predicted octanol–water partition coefficient (Wildman–Crippen LogP) is 3.38. The van der Waals surface area contributed by atoms with E-state index in [1.807, 2.05) is 58.0 Å². The van der Waals surface area contributed by atoms with Crippen molar-refractivity contribution in [3.63, 3.8) is 0 Å². The number of rotatable bonds is 6. The van der Waals surface area contributed by atoms with E-state index < -0.39 is 23.5 Å². The molecular formula is C30H34N4O5. The molecule has 0 bridgehead atoms. The number of carbonyl (C=O) groups excluding carboxylic acids is 2. The molecule has 1 N–H and O–H groups in total. The molecule has 4 heterocycles. The second-order valence-electron chi connectivity index (χ2n) is 11.3. The van der Waals surface area contributed by atoms with Crippen molar-refractivity contribution in [1.29, 1.82) is 0 Å². The van der Waals surface area contributed by atoms with Gasteiger partial charge in [0.1, 0.15) is 11.7 Å². The van der Waals surface area contributed by atoms with Crippen LogP contribution in [0, 0.1) is 12.8 Å². The van der Waals surface area contributed by atoms with Crippen molar-refractivity contribution in [2.75, 3.05) is 6.54 Å². The zero-order valence-electron chi connectivity index (χ0n) is 22.9. The van der Waals surface area contributed by atoms with Crippen LogP contribution in [-0.2, 0) is 22.1 Å². The molecule has 3 aromatic rings. The van der Waals surface area contributed by atoms with E-state index in [0.717, 1.165) is 16.8 Å². The molecule has 5 rings (SSSR count). The molecule has 2 aliphatic heterocycles. The molecule has 4 atom stereocenters. The molecule has 1 fully saturated rings. The van der Waals surface area contributed by atoms with Crippen molar-refractivity contribution in [3.05, 3.63) is 75.9 Å². The fraction of sp³-hybridized carbons (Fsp3) is 0.433. The Kier molecular flexibility index (Phi) is 6.88. The van der Waals surface area contributed by atoms with Crippen LogP contribution in [0.25, 0.3) is 11.3 Å². The van der Waals surface area contributed by atoms with Crippen LogP contribution in [-0.4, -0.2) is 55.9 Å². The highest BCUT2D eigenvalue weighted by Crippen LogP contribution is 2.39. The van der Waals surface area contributed by atoms with Crippen LogP contribution in [0.3, 0.4) is 0 Å². The Labute approximate surface area is 227 Å². The van der Waals surface area contributed by atoms with Crippen LogP contribution in [0.4, 0.5) is 0 Å². The summed E-state index contributed by atoms with van der Waals surface area (Å²) in [7, 11) is 1.73. The number of carbonyl (C=O) groups is 2. The minimum Gasteiger partial charge on any atom is -0.391 e. The fourth-order valence-electron chi connectivity index (χ4n) is 5.83. The Balaban J connectivity index is 1.40. The molecule has 0 spiro atoms. The number of amides is 2. The smallest absolute Gasteiger partial charge is 0.256 e. The molecule has 0 aliphatic carbocycles. The minimum absolute atomic E-state index is 0.0525. The molecule has 0 unspecified atom stereocenters. The van der Waals surface area contributed by atoms with Gasteiger partial charge in [0.25, 0.3) is 11.5 Å². The predicted molar refractivity (Wildman–Crippen MR) is 146 cm³/mol. The van der Waals surface area contributed by atoms with E-state index in [4.69, 9.17) is 4.52 Å². The molecule has 0 saturated carbocycles. The summed E-state index contributed by atoms with van der Waals surface area (Å²) in [6, 6.07) is 14.0. The van der Waals surface area contributed by atoms with Gasteiger partial charge in [-0.05, 0) is 37.0 Å². The van der Waals surface area contributed by atoms with E-state index >= 15 is 0 Å². The number of hydrogen-bond acceptors (Lipinski definition) is 6. The van der Waals surface area contributed by atoms with Gasteiger partial charge in [0.05, 0.1) is 28.9 Å². The number of likely N-dealkylation sites (tertiary alicyclic amines) is 1. The lowest BCUT2D eigenvalue weighted by Crippen LogP contribution is -2.44. The van der Waals surface area contributed by atoms with E-state index in [2.05, 4.69) is 10.1 Å². The molecule has 2 aromatic heterocycles. The molecule has 39 heavy (non-hydrogen) atoms. The maximum Gasteiger partial charge on any atom is 0.256 e. The number of aliphatic imine (C=N–C) groups is 1. The largest absolute Gasteiger partial charge is 0.391 e. The third-order valence-electron chi connectivity index (χ3n) is 8.09. The third kappa shape index (κ3) is 4.76. The lowest BCUT2D eigenvalue weighted by atomic mass is 9.78. The van der Waals surface area contributed by atoms with Crippen LogP contribution in [0.5, 0.6) is 0 Å². The number of aliphatic hydroxyl groups is 1. The fourth-order valence-corrected chi connectivity index (χ4v) is 5.83. The van der Waals surface area contributed by atoms with Crippen molar-refractivity contribution in [1.82, 2.24) is 14.6 Å². The normalized spacial score (nSPS) is 23.9. The molecule has 0 radical (unpaired) electrons. The maximum atomic E-state index is 13.8. The number of pyridine rings is 1. The Hall–Kier alpha value is -3.85. The van der Waals surface area contributed by atoms with Gasteiger partial charge in [-0.2, -0.15) is 0 Å². The monoisotopic (exact) mass is 530 g/mol. The topological polar surface area (TPSA) is 118 Å². The summed E-state index contributed by atoms with van der Waals surface area (Å²) in [5.74, 6) is -0.535. The summed E-state index contributed by atoms with van der Waals surface area (Å²) in [6.07, 6.45) is -0.0243. The lowest BCUT2D eigenvalue weighted by Gasteiger charge is -2.30. The number of nitrogens with zero attached hydrogens (tertiary/aromatic N) is 4. The molecule has 9 heteroatoms. The number of aliphatic hydroxyl groups excluding tert-OH is 1. The highest BCUT2D eigenvalue weighted by atomic mass is 16.5. The highest BCUT2D eigenvalue weighted by Gasteiger charge is 2.48. The quantitative estimate of drug-likeness (QED) is 0.522. The van der Waals surface area contributed by atoms with Gasteiger partial charge in [-0.3, -0.25) is 14.4 Å². The SMILES string of the molecule is Cc1cc([C@@H](C(=O)N2C[C@H](O)C[C@H]2C2=NC(=O)[C@](C)(c3ccc(-c4cccc(=O)n4C)cc3)C2)C(C)C)on1. The van der Waals surface area contributed by atoms with Crippen molar-refractivity contribution in [2.24, 2.45) is 18.0 Å². The first kappa shape index (κ1) is 26.7. The van der Waals surface area contributed by atoms with Gasteiger partial charge in [-0.1, -0.05) is 49.3 Å². The average molecular weight is 531 g/mol. The van der Waals surface area contributed by atoms with Gasteiger partial charge in [-0.15, -0.1) is 0 Å². The van der Waals surface area contributed by atoms with E-state index in [-0.39, 0.29) is 29.8 Å². The first-order valence-electron chi connectivity index (χ1n) is 13.3. The van der Waals surface area contributed by atoms with Gasteiger partial charge < -0.3 is 19.1 Å². The molecule has 2 amide bonds. The summed E-state index contributed by atoms with van der Waals surface area (Å²) in [6.45, 7) is 7.75. The van der Waals surface area contributed by atoms with E-state index in [0.29, 0.717) is 30.0 Å². The molecule has 1 saturated heterocycles. The van der Waals surface area contributed by atoms with Gasteiger partial charge in [0.2, 0.25) is 5.91 Å². The Morgan fingerprint density at radius 2 is 1.87 bits per heavy atom. The van der Waals surface area contributed by atoms with E-state index in [1.165, 1.54) is 6.07 Å². The maximum absolute atomic E-state index is 13.8. The van der Waals surface area contributed by atoms with Crippen molar-refractivity contribution >= 4 is 17.5 Å². The third-order valence-corrected chi connectivity index (χ3v) is 8.09. The Morgan fingerprint density at radius 3 is 2.51 bits per heavy atom. The molecular weight excluding hydrogens is 496 g/mol. The average Bonchev–Trinajstić information content (AvgIpc) is 3.58. The summed E-state index contributed by atoms with van der Waals surface area (Å²) in [4.78, 5) is 45.3. The van der Waals surface area contributed by atoms with Crippen LogP contribution < -0.4 is 5.56 Å². The minimum atomic E-state index is -0.891. The Morgan fingerprint density at radius 1 is 1.15 bits per heavy atom. The summed E-state index contributed by atoms with van der Waals surface area (Å²) in [5.41, 5.74) is 2.78. The molecule has 9 nitrogen and oxygen atoms in total. The first-order chi connectivity index (χ1) is 18.5. The van der Waals surface area contributed by atoms with Gasteiger partial charge in [0.15, 0.2) is 0 Å². The van der Waals surface area contributed by atoms with Gasteiger partial charge in [0, 0.05) is 44.3 Å². The first-order valence-corrected chi connectivity index (χ1v) is 13.3.